The quantitative estimate of drug-likeness (QED) is 0.840. The Balaban J connectivity index is 2.15. The van der Waals surface area contributed by atoms with Crippen molar-refractivity contribution in [3.05, 3.63) is 35.4 Å². The molecule has 1 atom stereocenters. The summed E-state index contributed by atoms with van der Waals surface area (Å²) < 4.78 is 0. The van der Waals surface area contributed by atoms with Crippen LogP contribution in [0.25, 0.3) is 0 Å². The van der Waals surface area contributed by atoms with Gasteiger partial charge in [-0.15, -0.1) is 0 Å². The SMILES string of the molecule is CCc1ccccc1CN(C1CC1)C(C)C(=O)O. The minimum Gasteiger partial charge on any atom is -0.480 e. The van der Waals surface area contributed by atoms with E-state index in [4.69, 9.17) is 0 Å². The van der Waals surface area contributed by atoms with Crippen molar-refractivity contribution in [1.29, 1.82) is 0 Å². The molecule has 0 bridgehead atoms. The van der Waals surface area contributed by atoms with Crippen molar-refractivity contribution in [2.24, 2.45) is 0 Å². The van der Waals surface area contributed by atoms with Gasteiger partial charge in [-0.25, -0.2) is 0 Å². The number of aliphatic carboxylic acids is 1. The average Bonchev–Trinajstić information content (AvgIpc) is 3.19. The smallest absolute Gasteiger partial charge is 0.320 e. The average molecular weight is 247 g/mol. The molecule has 1 N–H and O–H groups in total. The van der Waals surface area contributed by atoms with E-state index in [1.807, 2.05) is 12.1 Å². The zero-order valence-corrected chi connectivity index (χ0v) is 11.1. The Morgan fingerprint density at radius 2 is 2.00 bits per heavy atom. The Morgan fingerprint density at radius 3 is 2.50 bits per heavy atom. The van der Waals surface area contributed by atoms with Crippen LogP contribution in [0.15, 0.2) is 24.3 Å². The number of carbonyl (C=O) groups is 1. The van der Waals surface area contributed by atoms with Crippen molar-refractivity contribution in [2.45, 2.75) is 51.7 Å². The van der Waals surface area contributed by atoms with E-state index in [0.717, 1.165) is 25.8 Å². The molecule has 0 saturated heterocycles. The summed E-state index contributed by atoms with van der Waals surface area (Å²) in [5.41, 5.74) is 2.58. The van der Waals surface area contributed by atoms with Gasteiger partial charge in [0.25, 0.3) is 0 Å². The summed E-state index contributed by atoms with van der Waals surface area (Å²) in [6.07, 6.45) is 3.26. The van der Waals surface area contributed by atoms with Gasteiger partial charge in [-0.05, 0) is 37.3 Å². The fraction of sp³-hybridized carbons (Fsp3) is 0.533. The number of nitrogens with zero attached hydrogens (tertiary/aromatic N) is 1. The molecule has 0 heterocycles. The van der Waals surface area contributed by atoms with Gasteiger partial charge in [0.15, 0.2) is 0 Å². The molecular weight excluding hydrogens is 226 g/mol. The molecule has 0 aromatic heterocycles. The number of rotatable bonds is 6. The first-order valence-electron chi connectivity index (χ1n) is 6.68. The second-order valence-corrected chi connectivity index (χ2v) is 5.04. The van der Waals surface area contributed by atoms with Crippen LogP contribution in [0.4, 0.5) is 0 Å². The molecule has 18 heavy (non-hydrogen) atoms. The molecule has 98 valence electrons. The van der Waals surface area contributed by atoms with E-state index in [-0.39, 0.29) is 0 Å². The highest BCUT2D eigenvalue weighted by atomic mass is 16.4. The van der Waals surface area contributed by atoms with Crippen LogP contribution in [0.2, 0.25) is 0 Å². The first-order chi connectivity index (χ1) is 8.63. The van der Waals surface area contributed by atoms with Crippen LogP contribution in [0, 0.1) is 0 Å². The van der Waals surface area contributed by atoms with E-state index in [0.29, 0.717) is 6.04 Å². The van der Waals surface area contributed by atoms with Gasteiger partial charge < -0.3 is 5.11 Å². The molecule has 1 aliphatic carbocycles. The topological polar surface area (TPSA) is 40.5 Å². The van der Waals surface area contributed by atoms with E-state index in [2.05, 4.69) is 24.0 Å². The normalized spacial score (nSPS) is 16.8. The number of carboxylic acid groups (broad SMARTS) is 1. The van der Waals surface area contributed by atoms with Gasteiger partial charge in [-0.3, -0.25) is 9.69 Å². The number of benzene rings is 1. The number of hydrogen-bond donors (Lipinski definition) is 1. The zero-order chi connectivity index (χ0) is 13.1. The molecule has 2 rings (SSSR count). The maximum Gasteiger partial charge on any atom is 0.320 e. The van der Waals surface area contributed by atoms with Crippen molar-refractivity contribution < 1.29 is 9.90 Å². The molecule has 3 heteroatoms. The highest BCUT2D eigenvalue weighted by Crippen LogP contribution is 2.30. The second kappa shape index (κ2) is 5.53. The third-order valence-corrected chi connectivity index (χ3v) is 3.72. The molecule has 0 spiro atoms. The van der Waals surface area contributed by atoms with Crippen molar-refractivity contribution in [3.63, 3.8) is 0 Å². The van der Waals surface area contributed by atoms with Gasteiger partial charge in [0.1, 0.15) is 6.04 Å². The number of carboxylic acids is 1. The van der Waals surface area contributed by atoms with Crippen molar-refractivity contribution in [3.8, 4) is 0 Å². The second-order valence-electron chi connectivity index (χ2n) is 5.04. The van der Waals surface area contributed by atoms with E-state index in [9.17, 15) is 9.90 Å². The number of hydrogen-bond acceptors (Lipinski definition) is 2. The summed E-state index contributed by atoms with van der Waals surface area (Å²) in [5, 5.41) is 9.19. The fourth-order valence-electron chi connectivity index (χ4n) is 2.38. The molecule has 1 aromatic carbocycles. The van der Waals surface area contributed by atoms with Crippen molar-refractivity contribution in [2.75, 3.05) is 0 Å². The minimum atomic E-state index is -0.726. The van der Waals surface area contributed by atoms with Gasteiger partial charge in [-0.1, -0.05) is 31.2 Å². The van der Waals surface area contributed by atoms with Crippen molar-refractivity contribution in [1.82, 2.24) is 4.90 Å². The van der Waals surface area contributed by atoms with Crippen LogP contribution >= 0.6 is 0 Å². The molecule has 1 aromatic rings. The Bertz CT molecular complexity index is 426. The third kappa shape index (κ3) is 2.91. The predicted octanol–water partition coefficient (Wildman–Crippen LogP) is 2.69. The van der Waals surface area contributed by atoms with Crippen LogP contribution in [-0.4, -0.2) is 28.1 Å². The fourth-order valence-corrected chi connectivity index (χ4v) is 2.38. The van der Waals surface area contributed by atoms with Gasteiger partial charge in [-0.2, -0.15) is 0 Å². The van der Waals surface area contributed by atoms with Gasteiger partial charge in [0, 0.05) is 12.6 Å². The summed E-state index contributed by atoms with van der Waals surface area (Å²) in [6, 6.07) is 8.38. The lowest BCUT2D eigenvalue weighted by molar-refractivity contribution is -0.143. The lowest BCUT2D eigenvalue weighted by Gasteiger charge is -2.27. The first-order valence-corrected chi connectivity index (χ1v) is 6.68. The van der Waals surface area contributed by atoms with E-state index >= 15 is 0 Å². The molecule has 1 aliphatic rings. The molecule has 0 amide bonds. The highest BCUT2D eigenvalue weighted by Gasteiger charge is 2.35. The Hall–Kier alpha value is -1.35. The van der Waals surface area contributed by atoms with E-state index in [1.54, 1.807) is 6.92 Å². The predicted molar refractivity (Wildman–Crippen MR) is 71.5 cm³/mol. The molecule has 0 aliphatic heterocycles. The first kappa shape index (κ1) is 13.1. The third-order valence-electron chi connectivity index (χ3n) is 3.72. The summed E-state index contributed by atoms with van der Waals surface area (Å²) in [5.74, 6) is -0.726. The lowest BCUT2D eigenvalue weighted by Crippen LogP contribution is -2.40. The van der Waals surface area contributed by atoms with Crippen LogP contribution in [0.5, 0.6) is 0 Å². The van der Waals surface area contributed by atoms with Crippen molar-refractivity contribution >= 4 is 5.97 Å². The Kier molecular flexibility index (Phi) is 4.02. The molecule has 3 nitrogen and oxygen atoms in total. The zero-order valence-electron chi connectivity index (χ0n) is 11.1. The van der Waals surface area contributed by atoms with Gasteiger partial charge in [0.05, 0.1) is 0 Å². The van der Waals surface area contributed by atoms with Gasteiger partial charge >= 0.3 is 5.97 Å². The van der Waals surface area contributed by atoms with Crippen LogP contribution in [0.1, 0.15) is 37.8 Å². The monoisotopic (exact) mass is 247 g/mol. The molecule has 1 saturated carbocycles. The molecule has 1 fully saturated rings. The summed E-state index contributed by atoms with van der Waals surface area (Å²) in [4.78, 5) is 13.3. The van der Waals surface area contributed by atoms with Crippen LogP contribution < -0.4 is 0 Å². The van der Waals surface area contributed by atoms with Crippen LogP contribution in [0.3, 0.4) is 0 Å². The number of aryl methyl sites for hydroxylation is 1. The standard InChI is InChI=1S/C15H21NO2/c1-3-12-6-4-5-7-13(12)10-16(14-8-9-14)11(2)15(17)18/h4-7,11,14H,3,8-10H2,1-2H3,(H,17,18). The van der Waals surface area contributed by atoms with Crippen LogP contribution in [-0.2, 0) is 17.8 Å². The van der Waals surface area contributed by atoms with E-state index in [1.165, 1.54) is 11.1 Å². The summed E-state index contributed by atoms with van der Waals surface area (Å²) in [7, 11) is 0. The maximum absolute atomic E-state index is 11.2. The minimum absolute atomic E-state index is 0.401. The summed E-state index contributed by atoms with van der Waals surface area (Å²) in [6.45, 7) is 4.68. The molecular formula is C15H21NO2. The van der Waals surface area contributed by atoms with E-state index < -0.39 is 12.0 Å². The summed E-state index contributed by atoms with van der Waals surface area (Å²) >= 11 is 0. The molecule has 0 radical (unpaired) electrons. The largest absolute Gasteiger partial charge is 0.480 e. The molecule has 1 unspecified atom stereocenters. The Morgan fingerprint density at radius 1 is 1.39 bits per heavy atom. The highest BCUT2D eigenvalue weighted by molar-refractivity contribution is 5.73. The Labute approximate surface area is 108 Å². The van der Waals surface area contributed by atoms with Gasteiger partial charge in [0.2, 0.25) is 0 Å². The lowest BCUT2D eigenvalue weighted by atomic mass is 10.0. The maximum atomic E-state index is 11.2.